The summed E-state index contributed by atoms with van der Waals surface area (Å²) in [6, 6.07) is 9.88. The normalized spacial score (nSPS) is 16.5. The topological polar surface area (TPSA) is 96.9 Å². The van der Waals surface area contributed by atoms with Crippen molar-refractivity contribution < 1.29 is 9.47 Å². The number of benzene rings is 1. The van der Waals surface area contributed by atoms with Gasteiger partial charge in [-0.15, -0.1) is 5.10 Å². The second kappa shape index (κ2) is 6.05. The number of nitriles is 1. The number of rotatable bonds is 4. The first-order valence-electron chi connectivity index (χ1n) is 7.51. The fourth-order valence-electron chi connectivity index (χ4n) is 2.74. The lowest BCUT2D eigenvalue weighted by atomic mass is 9.84. The van der Waals surface area contributed by atoms with E-state index in [4.69, 9.17) is 15.2 Å². The van der Waals surface area contributed by atoms with Gasteiger partial charge in [-0.05, 0) is 31.0 Å². The molecule has 3 N–H and O–H groups in total. The van der Waals surface area contributed by atoms with Crippen LogP contribution in [0.15, 0.2) is 35.7 Å². The number of nitrogens with zero attached hydrogens (tertiary/aromatic N) is 2. The largest absolute Gasteiger partial charge is 0.494 e. The lowest BCUT2D eigenvalue weighted by Gasteiger charge is -2.24. The maximum absolute atomic E-state index is 9.53. The third-order valence-electron chi connectivity index (χ3n) is 3.79. The number of aromatic amines is 1. The maximum Gasteiger partial charge on any atom is 0.244 e. The van der Waals surface area contributed by atoms with Crippen LogP contribution in [0.5, 0.6) is 11.6 Å². The molecule has 2 heterocycles. The third-order valence-corrected chi connectivity index (χ3v) is 3.79. The van der Waals surface area contributed by atoms with Crippen molar-refractivity contribution in [2.45, 2.75) is 26.2 Å². The average molecular weight is 310 g/mol. The number of aromatic nitrogens is 2. The van der Waals surface area contributed by atoms with Crippen LogP contribution in [0.1, 0.15) is 36.1 Å². The van der Waals surface area contributed by atoms with E-state index < -0.39 is 0 Å². The molecule has 0 saturated heterocycles. The molecular weight excluding hydrogens is 292 g/mol. The first-order valence-corrected chi connectivity index (χ1v) is 7.51. The van der Waals surface area contributed by atoms with E-state index >= 15 is 0 Å². The van der Waals surface area contributed by atoms with E-state index in [9.17, 15) is 5.26 Å². The molecule has 0 unspecified atom stereocenters. The Labute approximate surface area is 134 Å². The van der Waals surface area contributed by atoms with E-state index in [0.29, 0.717) is 18.1 Å². The number of ether oxygens (including phenoxy) is 2. The van der Waals surface area contributed by atoms with Crippen molar-refractivity contribution >= 4 is 0 Å². The smallest absolute Gasteiger partial charge is 0.244 e. The Morgan fingerprint density at radius 2 is 2.30 bits per heavy atom. The Morgan fingerprint density at radius 1 is 1.48 bits per heavy atom. The van der Waals surface area contributed by atoms with Crippen LogP contribution < -0.4 is 15.2 Å². The zero-order chi connectivity index (χ0) is 16.4. The van der Waals surface area contributed by atoms with Gasteiger partial charge in [-0.3, -0.25) is 5.10 Å². The van der Waals surface area contributed by atoms with Crippen LogP contribution in [0, 0.1) is 18.3 Å². The summed E-state index contributed by atoms with van der Waals surface area (Å²) in [5, 5.41) is 16.5. The van der Waals surface area contributed by atoms with E-state index in [1.54, 1.807) is 0 Å². The monoisotopic (exact) mass is 310 g/mol. The van der Waals surface area contributed by atoms with Crippen LogP contribution in [0.25, 0.3) is 0 Å². The molecule has 0 bridgehead atoms. The van der Waals surface area contributed by atoms with Gasteiger partial charge in [-0.1, -0.05) is 19.1 Å². The molecule has 0 amide bonds. The molecule has 0 spiro atoms. The second-order valence-corrected chi connectivity index (χ2v) is 5.41. The number of hydrogen-bond acceptors (Lipinski definition) is 5. The summed E-state index contributed by atoms with van der Waals surface area (Å²) in [4.78, 5) is 0. The Bertz CT molecular complexity index is 801. The number of aryl methyl sites for hydroxylation is 1. The summed E-state index contributed by atoms with van der Waals surface area (Å²) in [6.45, 7) is 4.60. The summed E-state index contributed by atoms with van der Waals surface area (Å²) >= 11 is 0. The Morgan fingerprint density at radius 3 is 3.04 bits per heavy atom. The van der Waals surface area contributed by atoms with Crippen molar-refractivity contribution in [1.82, 2.24) is 10.2 Å². The minimum Gasteiger partial charge on any atom is -0.494 e. The molecule has 3 rings (SSSR count). The minimum atomic E-state index is -0.312. The van der Waals surface area contributed by atoms with E-state index in [0.717, 1.165) is 29.0 Å². The lowest BCUT2D eigenvalue weighted by molar-refractivity contribution is 0.317. The number of nitrogens with two attached hydrogens (primary N) is 1. The second-order valence-electron chi connectivity index (χ2n) is 5.41. The zero-order valence-electron chi connectivity index (χ0n) is 13.1. The molecule has 118 valence electrons. The van der Waals surface area contributed by atoms with Gasteiger partial charge in [0.25, 0.3) is 0 Å². The molecule has 0 aliphatic carbocycles. The highest BCUT2D eigenvalue weighted by atomic mass is 16.5. The van der Waals surface area contributed by atoms with Crippen LogP contribution in [0.3, 0.4) is 0 Å². The standard InChI is InChI=1S/C17H18N4O2/c1-3-7-22-12-6-4-5-11(8-12)15-13(9-18)16(19)23-17-14(15)10(2)20-21-17/h4-6,8,15H,3,7,19H2,1-2H3,(H,20,21)/t15-/m1/s1. The quantitative estimate of drug-likeness (QED) is 0.905. The fourth-order valence-corrected chi connectivity index (χ4v) is 2.74. The summed E-state index contributed by atoms with van der Waals surface area (Å²) in [5.41, 5.74) is 8.91. The van der Waals surface area contributed by atoms with Crippen LogP contribution >= 0.6 is 0 Å². The van der Waals surface area contributed by atoms with Crippen molar-refractivity contribution in [3.63, 3.8) is 0 Å². The van der Waals surface area contributed by atoms with Gasteiger partial charge in [0.2, 0.25) is 11.8 Å². The van der Waals surface area contributed by atoms with Gasteiger partial charge < -0.3 is 15.2 Å². The number of nitrogens with one attached hydrogen (secondary N) is 1. The molecule has 0 radical (unpaired) electrons. The summed E-state index contributed by atoms with van der Waals surface area (Å²) in [6.07, 6.45) is 0.933. The van der Waals surface area contributed by atoms with E-state index in [1.807, 2.05) is 31.2 Å². The predicted octanol–water partition coefficient (Wildman–Crippen LogP) is 2.73. The number of H-pyrrole nitrogens is 1. The highest BCUT2D eigenvalue weighted by Crippen LogP contribution is 2.43. The first-order chi connectivity index (χ1) is 11.2. The van der Waals surface area contributed by atoms with E-state index in [1.165, 1.54) is 0 Å². The summed E-state index contributed by atoms with van der Waals surface area (Å²) in [7, 11) is 0. The predicted molar refractivity (Wildman–Crippen MR) is 84.9 cm³/mol. The van der Waals surface area contributed by atoms with Crippen molar-refractivity contribution in [2.75, 3.05) is 6.61 Å². The van der Waals surface area contributed by atoms with Crippen LogP contribution in [0.2, 0.25) is 0 Å². The molecule has 1 aromatic heterocycles. The van der Waals surface area contributed by atoms with E-state index in [2.05, 4.69) is 23.2 Å². The fraction of sp³-hybridized carbons (Fsp3) is 0.294. The van der Waals surface area contributed by atoms with Crippen molar-refractivity contribution in [3.05, 3.63) is 52.5 Å². The van der Waals surface area contributed by atoms with Gasteiger partial charge >= 0.3 is 0 Å². The van der Waals surface area contributed by atoms with Gasteiger partial charge in [0, 0.05) is 11.3 Å². The Hall–Kier alpha value is -2.94. The summed E-state index contributed by atoms with van der Waals surface area (Å²) in [5.74, 6) is 0.974. The van der Waals surface area contributed by atoms with Crippen molar-refractivity contribution in [3.8, 4) is 17.7 Å². The van der Waals surface area contributed by atoms with Gasteiger partial charge in [-0.25, -0.2) is 0 Å². The molecule has 1 atom stereocenters. The average Bonchev–Trinajstić information content (AvgIpc) is 2.92. The molecule has 2 aromatic rings. The molecule has 1 aliphatic rings. The molecule has 6 nitrogen and oxygen atoms in total. The van der Waals surface area contributed by atoms with Crippen LogP contribution in [-0.2, 0) is 0 Å². The van der Waals surface area contributed by atoms with Crippen LogP contribution in [0.4, 0.5) is 0 Å². The first kappa shape index (κ1) is 15.0. The van der Waals surface area contributed by atoms with Crippen LogP contribution in [-0.4, -0.2) is 16.8 Å². The van der Waals surface area contributed by atoms with Gasteiger partial charge in [0.1, 0.15) is 17.4 Å². The number of allylic oxidation sites excluding steroid dienone is 1. The Balaban J connectivity index is 2.10. The lowest BCUT2D eigenvalue weighted by Crippen LogP contribution is -2.21. The Kier molecular flexibility index (Phi) is 3.94. The molecule has 6 heteroatoms. The molecular formula is C17H18N4O2. The zero-order valence-corrected chi connectivity index (χ0v) is 13.1. The molecule has 1 aliphatic heterocycles. The summed E-state index contributed by atoms with van der Waals surface area (Å²) < 4.78 is 11.2. The van der Waals surface area contributed by atoms with Crippen molar-refractivity contribution in [1.29, 1.82) is 5.26 Å². The van der Waals surface area contributed by atoms with Gasteiger partial charge in [-0.2, -0.15) is 5.26 Å². The van der Waals surface area contributed by atoms with Crippen molar-refractivity contribution in [2.24, 2.45) is 5.73 Å². The molecule has 23 heavy (non-hydrogen) atoms. The maximum atomic E-state index is 9.53. The van der Waals surface area contributed by atoms with E-state index in [-0.39, 0.29) is 11.8 Å². The highest BCUT2D eigenvalue weighted by molar-refractivity contribution is 5.55. The molecule has 0 saturated carbocycles. The highest BCUT2D eigenvalue weighted by Gasteiger charge is 2.34. The van der Waals surface area contributed by atoms with Gasteiger partial charge in [0.15, 0.2) is 0 Å². The minimum absolute atomic E-state index is 0.0939. The van der Waals surface area contributed by atoms with Gasteiger partial charge in [0.05, 0.1) is 12.5 Å². The number of fused-ring (bicyclic) bond motifs is 1. The molecule has 1 aromatic carbocycles. The SMILES string of the molecule is CCCOc1cccc([C@@H]2C(C#N)=C(N)Oc3n[nH]c(C)c32)c1. The number of hydrogen-bond donors (Lipinski definition) is 2. The third kappa shape index (κ3) is 2.61. The molecule has 0 fully saturated rings.